The van der Waals surface area contributed by atoms with Gasteiger partial charge in [-0.15, -0.1) is 23.2 Å². The normalized spacial score (nSPS) is 13.8. The fraction of sp³-hybridized carbons (Fsp3) is 0.531. The van der Waals surface area contributed by atoms with E-state index in [2.05, 4.69) is 13.5 Å². The average Bonchev–Trinajstić information content (AvgIpc) is 3.00. The summed E-state index contributed by atoms with van der Waals surface area (Å²) in [7, 11) is 0. The number of carbonyl (C=O) groups is 1. The van der Waals surface area contributed by atoms with E-state index in [1.54, 1.807) is 19.1 Å². The van der Waals surface area contributed by atoms with E-state index in [4.69, 9.17) is 37.4 Å². The van der Waals surface area contributed by atoms with Crippen molar-refractivity contribution in [2.75, 3.05) is 67.6 Å². The first-order valence-electron chi connectivity index (χ1n) is 14.7. The summed E-state index contributed by atoms with van der Waals surface area (Å²) in [5, 5.41) is 22.4. The summed E-state index contributed by atoms with van der Waals surface area (Å²) in [4.78, 5) is 17.1. The van der Waals surface area contributed by atoms with Crippen LogP contribution in [-0.4, -0.2) is 73.9 Å². The van der Waals surface area contributed by atoms with Gasteiger partial charge < -0.3 is 34.2 Å². The lowest BCUT2D eigenvalue weighted by Gasteiger charge is -2.30. The molecule has 0 radical (unpaired) electrons. The zero-order valence-corrected chi connectivity index (χ0v) is 26.3. The number of esters is 1. The summed E-state index contributed by atoms with van der Waals surface area (Å²) >= 11 is 12.1. The van der Waals surface area contributed by atoms with Gasteiger partial charge in [0.05, 0.1) is 42.0 Å². The number of hydrogen-bond donors (Lipinski definition) is 2. The smallest absolute Gasteiger partial charge is 0.343 e. The van der Waals surface area contributed by atoms with Crippen LogP contribution in [0.4, 0.5) is 11.4 Å². The first kappa shape index (κ1) is 33.7. The van der Waals surface area contributed by atoms with Crippen LogP contribution in [0.25, 0.3) is 12.8 Å². The standard InChI is InChI=1S/C32H44Cl2N2O6/c1-4-5-6-7-8-9-18-41-28-21-25(10-11-27(28)35(14-12-33)15-13-34)32(39)42-22-26-23(2)30(37)24(3)29(31(26)38)36-16-19-40-20-17-36/h10-11,21-22,37-38H,3-9,12-20H2,1-2H3. The third kappa shape index (κ3) is 8.85. The number of benzene rings is 2. The van der Waals surface area contributed by atoms with Crippen molar-refractivity contribution < 1.29 is 29.2 Å². The predicted molar refractivity (Wildman–Crippen MR) is 171 cm³/mol. The Morgan fingerprint density at radius 2 is 1.74 bits per heavy atom. The van der Waals surface area contributed by atoms with Gasteiger partial charge >= 0.3 is 5.97 Å². The highest BCUT2D eigenvalue weighted by molar-refractivity contribution is 6.18. The molecule has 0 amide bonds. The Labute approximate surface area is 259 Å². The molecule has 1 aliphatic rings. The van der Waals surface area contributed by atoms with Crippen molar-refractivity contribution >= 4 is 53.4 Å². The number of carbonyl (C=O) groups excluding carboxylic acids is 1. The maximum absolute atomic E-state index is 13.2. The molecule has 0 bridgehead atoms. The maximum atomic E-state index is 13.2. The molecule has 232 valence electrons. The molecule has 3 rings (SSSR count). The number of aromatic hydroxyl groups is 2. The number of ether oxygens (including phenoxy) is 3. The van der Waals surface area contributed by atoms with Gasteiger partial charge in [0.2, 0.25) is 0 Å². The van der Waals surface area contributed by atoms with E-state index in [0.29, 0.717) is 80.0 Å². The van der Waals surface area contributed by atoms with Gasteiger partial charge in [-0.2, -0.15) is 0 Å². The highest BCUT2D eigenvalue weighted by atomic mass is 35.5. The summed E-state index contributed by atoms with van der Waals surface area (Å²) in [6.45, 7) is 11.5. The molecule has 1 saturated heterocycles. The van der Waals surface area contributed by atoms with Gasteiger partial charge in [-0.3, -0.25) is 0 Å². The Morgan fingerprint density at radius 3 is 2.40 bits per heavy atom. The molecule has 0 saturated carbocycles. The van der Waals surface area contributed by atoms with Crippen LogP contribution in [0.2, 0.25) is 0 Å². The first-order valence-corrected chi connectivity index (χ1v) is 15.8. The van der Waals surface area contributed by atoms with E-state index in [1.165, 1.54) is 31.9 Å². The molecule has 2 N–H and O–H groups in total. The number of anilines is 2. The Bertz CT molecular complexity index is 1280. The number of rotatable bonds is 16. The summed E-state index contributed by atoms with van der Waals surface area (Å²) in [5.74, 6) is 0.589. The Balaban J connectivity index is 1.86. The average molecular weight is 624 g/mol. The van der Waals surface area contributed by atoms with Crippen molar-refractivity contribution in [2.24, 2.45) is 0 Å². The number of alkyl halides is 2. The van der Waals surface area contributed by atoms with E-state index in [1.807, 2.05) is 15.9 Å². The lowest BCUT2D eigenvalue weighted by atomic mass is 10.1. The van der Waals surface area contributed by atoms with Gasteiger partial charge in [0, 0.05) is 48.7 Å². The Morgan fingerprint density at radius 1 is 1.07 bits per heavy atom. The molecule has 0 unspecified atom stereocenters. The fourth-order valence-corrected chi connectivity index (χ4v) is 5.41. The van der Waals surface area contributed by atoms with Crippen LogP contribution in [0.1, 0.15) is 61.4 Å². The SMILES string of the molecule is C=c1c(O)c(C)c(=COC(=O)c2ccc(N(CCCl)CCCl)c(OCCCCCCCC)c2)c(O)c1N1CCOCC1. The molecule has 0 aliphatic carbocycles. The highest BCUT2D eigenvalue weighted by Crippen LogP contribution is 2.31. The topological polar surface area (TPSA) is 91.7 Å². The number of nitrogens with zero attached hydrogens (tertiary/aromatic N) is 2. The van der Waals surface area contributed by atoms with Crippen molar-refractivity contribution in [3.63, 3.8) is 0 Å². The van der Waals surface area contributed by atoms with Crippen LogP contribution < -0.4 is 25.0 Å². The van der Waals surface area contributed by atoms with Gasteiger partial charge in [-0.1, -0.05) is 45.6 Å². The number of phenols is 2. The molecule has 0 atom stereocenters. The van der Waals surface area contributed by atoms with Gasteiger partial charge in [-0.25, -0.2) is 4.79 Å². The molecule has 1 fully saturated rings. The molecule has 10 heteroatoms. The van der Waals surface area contributed by atoms with Gasteiger partial charge in [0.15, 0.2) is 0 Å². The van der Waals surface area contributed by atoms with Crippen LogP contribution in [0, 0.1) is 6.92 Å². The van der Waals surface area contributed by atoms with Crippen molar-refractivity contribution in [3.8, 4) is 17.2 Å². The van der Waals surface area contributed by atoms with Gasteiger partial charge in [0.25, 0.3) is 0 Å². The number of morpholine rings is 1. The van der Waals surface area contributed by atoms with Crippen molar-refractivity contribution in [1.29, 1.82) is 0 Å². The van der Waals surface area contributed by atoms with Crippen LogP contribution in [-0.2, 0) is 9.47 Å². The Kier molecular flexibility index (Phi) is 13.9. The monoisotopic (exact) mass is 622 g/mol. The largest absolute Gasteiger partial charge is 0.507 e. The minimum Gasteiger partial charge on any atom is -0.507 e. The second-order valence-electron chi connectivity index (χ2n) is 10.3. The van der Waals surface area contributed by atoms with Crippen molar-refractivity contribution in [3.05, 3.63) is 39.8 Å². The second kappa shape index (κ2) is 17.3. The van der Waals surface area contributed by atoms with Crippen LogP contribution in [0.5, 0.6) is 17.2 Å². The molecule has 42 heavy (non-hydrogen) atoms. The molecule has 2 aromatic rings. The molecule has 1 aliphatic heterocycles. The lowest BCUT2D eigenvalue weighted by molar-refractivity contribution is 0.0705. The minimum atomic E-state index is -0.628. The molecule has 0 aromatic heterocycles. The minimum absolute atomic E-state index is 0.0648. The predicted octanol–water partition coefficient (Wildman–Crippen LogP) is 5.27. The number of halogens is 2. The zero-order chi connectivity index (χ0) is 30.5. The van der Waals surface area contributed by atoms with Crippen LogP contribution in [0.3, 0.4) is 0 Å². The van der Waals surface area contributed by atoms with Crippen LogP contribution >= 0.6 is 23.2 Å². The molecule has 0 spiro atoms. The number of unbranched alkanes of at least 4 members (excludes halogenated alkanes) is 5. The summed E-state index contributed by atoms with van der Waals surface area (Å²) in [6.07, 6.45) is 7.99. The van der Waals surface area contributed by atoms with E-state index in [-0.39, 0.29) is 22.3 Å². The molecule has 2 aromatic carbocycles. The lowest BCUT2D eigenvalue weighted by Crippen LogP contribution is -2.39. The van der Waals surface area contributed by atoms with E-state index >= 15 is 0 Å². The zero-order valence-electron chi connectivity index (χ0n) is 24.8. The summed E-state index contributed by atoms with van der Waals surface area (Å²) in [6, 6.07) is 5.15. The fourth-order valence-electron chi connectivity index (χ4n) is 5.01. The molecule has 8 nitrogen and oxygen atoms in total. The van der Waals surface area contributed by atoms with E-state index in [9.17, 15) is 15.0 Å². The van der Waals surface area contributed by atoms with E-state index < -0.39 is 5.97 Å². The molecule has 1 heterocycles. The van der Waals surface area contributed by atoms with E-state index in [0.717, 1.165) is 18.5 Å². The van der Waals surface area contributed by atoms with Gasteiger partial charge in [0.1, 0.15) is 23.5 Å². The number of phenolic OH excluding ortho intramolecular Hbond substituents is 2. The second-order valence-corrected chi connectivity index (χ2v) is 11.1. The third-order valence-corrected chi connectivity index (χ3v) is 7.76. The van der Waals surface area contributed by atoms with Crippen molar-refractivity contribution in [1.82, 2.24) is 0 Å². The summed E-state index contributed by atoms with van der Waals surface area (Å²) in [5.41, 5.74) is 1.85. The first-order chi connectivity index (χ1) is 20.3. The van der Waals surface area contributed by atoms with Gasteiger partial charge in [-0.05, 0) is 31.5 Å². The van der Waals surface area contributed by atoms with Crippen molar-refractivity contribution in [2.45, 2.75) is 52.4 Å². The van der Waals surface area contributed by atoms with Crippen LogP contribution in [0.15, 0.2) is 18.2 Å². The Hall–Kier alpha value is -2.81. The third-order valence-electron chi connectivity index (χ3n) is 7.42. The number of hydrogen-bond acceptors (Lipinski definition) is 8. The quantitative estimate of drug-likeness (QED) is 0.113. The summed E-state index contributed by atoms with van der Waals surface area (Å²) < 4.78 is 17.1. The maximum Gasteiger partial charge on any atom is 0.343 e. The highest BCUT2D eigenvalue weighted by Gasteiger charge is 2.21. The molecular formula is C32H44Cl2N2O6. The molecular weight excluding hydrogens is 579 g/mol.